The van der Waals surface area contributed by atoms with E-state index in [-0.39, 0.29) is 5.75 Å². The molecule has 0 saturated carbocycles. The van der Waals surface area contributed by atoms with Crippen molar-refractivity contribution in [3.63, 3.8) is 0 Å². The number of benzene rings is 1. The zero-order chi connectivity index (χ0) is 14.7. The highest BCUT2D eigenvalue weighted by molar-refractivity contribution is 6.42. The summed E-state index contributed by atoms with van der Waals surface area (Å²) >= 11 is 11.7. The quantitative estimate of drug-likeness (QED) is 0.815. The van der Waals surface area contributed by atoms with Crippen LogP contribution in [0.4, 0.5) is 5.69 Å². The lowest BCUT2D eigenvalue weighted by Crippen LogP contribution is -2.02. The maximum Gasteiger partial charge on any atom is 0.140 e. The van der Waals surface area contributed by atoms with Crippen LogP contribution >= 0.6 is 23.2 Å². The van der Waals surface area contributed by atoms with Crippen LogP contribution in [0.25, 0.3) is 0 Å². The number of phenols is 1. The van der Waals surface area contributed by atoms with Gasteiger partial charge in [0.05, 0.1) is 34.3 Å². The van der Waals surface area contributed by atoms with Gasteiger partial charge in [0.1, 0.15) is 5.75 Å². The molecule has 108 valence electrons. The summed E-state index contributed by atoms with van der Waals surface area (Å²) in [4.78, 5) is 4.31. The lowest BCUT2D eigenvalue weighted by atomic mass is 10.2. The Morgan fingerprint density at radius 1 is 1.30 bits per heavy atom. The van der Waals surface area contributed by atoms with Gasteiger partial charge in [0.2, 0.25) is 0 Å². The second kappa shape index (κ2) is 6.37. The van der Waals surface area contributed by atoms with E-state index in [1.54, 1.807) is 6.07 Å². The van der Waals surface area contributed by atoms with Gasteiger partial charge in [0.25, 0.3) is 0 Å². The summed E-state index contributed by atoms with van der Waals surface area (Å²) < 4.78 is 2.05. The predicted molar refractivity (Wildman–Crippen MR) is 82.5 cm³/mol. The second-order valence-corrected chi connectivity index (χ2v) is 5.91. The van der Waals surface area contributed by atoms with E-state index < -0.39 is 0 Å². The Labute approximate surface area is 128 Å². The number of phenolic OH excluding ortho intramolecular Hbond substituents is 1. The smallest absolute Gasteiger partial charge is 0.140 e. The van der Waals surface area contributed by atoms with Crippen molar-refractivity contribution in [2.75, 3.05) is 5.32 Å². The number of anilines is 1. The largest absolute Gasteiger partial charge is 0.506 e. The van der Waals surface area contributed by atoms with Gasteiger partial charge in [-0.15, -0.1) is 0 Å². The molecule has 2 aromatic rings. The Hall–Kier alpha value is -1.39. The molecule has 1 aromatic carbocycles. The molecule has 0 unspecified atom stereocenters. The first-order valence-electron chi connectivity index (χ1n) is 6.38. The zero-order valence-electron chi connectivity index (χ0n) is 11.4. The monoisotopic (exact) mass is 313 g/mol. The van der Waals surface area contributed by atoms with Crippen molar-refractivity contribution < 1.29 is 5.11 Å². The normalized spacial score (nSPS) is 11.1. The Bertz CT molecular complexity index is 596. The van der Waals surface area contributed by atoms with Gasteiger partial charge in [0.15, 0.2) is 0 Å². The Kier molecular flexibility index (Phi) is 4.78. The van der Waals surface area contributed by atoms with Crippen LogP contribution in [0.3, 0.4) is 0 Å². The highest BCUT2D eigenvalue weighted by Gasteiger charge is 2.07. The van der Waals surface area contributed by atoms with Crippen molar-refractivity contribution in [2.24, 2.45) is 5.92 Å². The summed E-state index contributed by atoms with van der Waals surface area (Å²) in [5, 5.41) is 13.6. The van der Waals surface area contributed by atoms with E-state index in [4.69, 9.17) is 23.2 Å². The number of aromatic nitrogens is 2. The number of aromatic hydroxyl groups is 1. The van der Waals surface area contributed by atoms with Crippen LogP contribution < -0.4 is 5.32 Å². The van der Waals surface area contributed by atoms with Crippen LogP contribution in [0.1, 0.15) is 19.5 Å². The minimum atomic E-state index is 0.0704. The lowest BCUT2D eigenvalue weighted by Gasteiger charge is -2.08. The Morgan fingerprint density at radius 2 is 2.00 bits per heavy atom. The van der Waals surface area contributed by atoms with Crippen molar-refractivity contribution in [3.8, 4) is 5.75 Å². The molecule has 2 rings (SSSR count). The van der Waals surface area contributed by atoms with Crippen LogP contribution in [0.2, 0.25) is 10.0 Å². The predicted octanol–water partition coefficient (Wildman–Crippen LogP) is 4.16. The number of rotatable bonds is 5. The number of nitrogens with one attached hydrogen (secondary N) is 1. The molecule has 0 spiro atoms. The van der Waals surface area contributed by atoms with Crippen molar-refractivity contribution in [2.45, 2.75) is 26.9 Å². The number of nitrogens with zero attached hydrogens (tertiary/aromatic N) is 2. The highest BCUT2D eigenvalue weighted by atomic mass is 35.5. The van der Waals surface area contributed by atoms with Crippen LogP contribution in [0, 0.1) is 5.92 Å². The number of halogens is 2. The topological polar surface area (TPSA) is 50.1 Å². The van der Waals surface area contributed by atoms with Gasteiger partial charge in [-0.25, -0.2) is 4.98 Å². The molecule has 0 saturated heterocycles. The van der Waals surface area contributed by atoms with Gasteiger partial charge in [-0.1, -0.05) is 37.0 Å². The van der Waals surface area contributed by atoms with E-state index in [1.807, 2.05) is 12.5 Å². The van der Waals surface area contributed by atoms with Crippen molar-refractivity contribution >= 4 is 28.9 Å². The van der Waals surface area contributed by atoms with E-state index in [9.17, 15) is 5.11 Å². The molecule has 20 heavy (non-hydrogen) atoms. The van der Waals surface area contributed by atoms with Gasteiger partial charge in [-0.2, -0.15) is 0 Å². The fourth-order valence-electron chi connectivity index (χ4n) is 1.88. The molecule has 0 aliphatic carbocycles. The molecule has 6 heteroatoms. The first-order chi connectivity index (χ1) is 9.45. The SMILES string of the molecule is CC(C)Cn1cnc(CNc2cc(Cl)c(Cl)cc2O)c1. The molecule has 0 atom stereocenters. The average Bonchev–Trinajstić information content (AvgIpc) is 2.79. The average molecular weight is 314 g/mol. The Morgan fingerprint density at radius 3 is 2.70 bits per heavy atom. The van der Waals surface area contributed by atoms with E-state index in [0.717, 1.165) is 12.2 Å². The number of hydrogen-bond acceptors (Lipinski definition) is 3. The minimum Gasteiger partial charge on any atom is -0.506 e. The zero-order valence-corrected chi connectivity index (χ0v) is 12.9. The molecule has 2 N–H and O–H groups in total. The summed E-state index contributed by atoms with van der Waals surface area (Å²) in [6, 6.07) is 3.02. The van der Waals surface area contributed by atoms with Crippen LogP contribution in [-0.4, -0.2) is 14.7 Å². The van der Waals surface area contributed by atoms with Gasteiger partial charge in [0, 0.05) is 18.8 Å². The summed E-state index contributed by atoms with van der Waals surface area (Å²) in [6.07, 6.45) is 3.80. The molecule has 4 nitrogen and oxygen atoms in total. The fourth-order valence-corrected chi connectivity index (χ4v) is 2.20. The van der Waals surface area contributed by atoms with Gasteiger partial charge < -0.3 is 15.0 Å². The molecule has 0 aliphatic rings. The highest BCUT2D eigenvalue weighted by Crippen LogP contribution is 2.33. The molecule has 0 amide bonds. The van der Waals surface area contributed by atoms with Gasteiger partial charge in [-0.3, -0.25) is 0 Å². The van der Waals surface area contributed by atoms with Crippen molar-refractivity contribution in [1.29, 1.82) is 0 Å². The maximum absolute atomic E-state index is 9.79. The molecule has 0 fully saturated rings. The summed E-state index contributed by atoms with van der Waals surface area (Å²) in [7, 11) is 0. The standard InChI is InChI=1S/C14H17Cl2N3O/c1-9(2)6-19-7-10(18-8-19)5-17-13-3-11(15)12(16)4-14(13)20/h3-4,7-9,17,20H,5-6H2,1-2H3. The third-order valence-electron chi connectivity index (χ3n) is 2.76. The van der Waals surface area contributed by atoms with E-state index in [0.29, 0.717) is 28.2 Å². The van der Waals surface area contributed by atoms with Crippen LogP contribution in [0.5, 0.6) is 5.75 Å². The third-order valence-corrected chi connectivity index (χ3v) is 3.48. The van der Waals surface area contributed by atoms with E-state index in [1.165, 1.54) is 6.07 Å². The molecule has 0 bridgehead atoms. The summed E-state index contributed by atoms with van der Waals surface area (Å²) in [6.45, 7) is 5.76. The molecule has 1 aromatic heterocycles. The first kappa shape index (κ1) is 15.0. The summed E-state index contributed by atoms with van der Waals surface area (Å²) in [5.74, 6) is 0.644. The van der Waals surface area contributed by atoms with Crippen molar-refractivity contribution in [1.82, 2.24) is 9.55 Å². The number of hydrogen-bond donors (Lipinski definition) is 2. The molecular weight excluding hydrogens is 297 g/mol. The maximum atomic E-state index is 9.79. The lowest BCUT2D eigenvalue weighted by molar-refractivity contribution is 0.477. The molecule has 0 radical (unpaired) electrons. The van der Waals surface area contributed by atoms with Crippen LogP contribution in [0.15, 0.2) is 24.7 Å². The molecule has 1 heterocycles. The van der Waals surface area contributed by atoms with Gasteiger partial charge >= 0.3 is 0 Å². The first-order valence-corrected chi connectivity index (χ1v) is 7.14. The fraction of sp³-hybridized carbons (Fsp3) is 0.357. The Balaban J connectivity index is 2.02. The van der Waals surface area contributed by atoms with E-state index in [2.05, 4.69) is 28.7 Å². The molecule has 0 aliphatic heterocycles. The van der Waals surface area contributed by atoms with E-state index >= 15 is 0 Å². The third kappa shape index (κ3) is 3.81. The minimum absolute atomic E-state index is 0.0704. The van der Waals surface area contributed by atoms with Crippen LogP contribution in [-0.2, 0) is 13.1 Å². The second-order valence-electron chi connectivity index (χ2n) is 5.09. The summed E-state index contributed by atoms with van der Waals surface area (Å²) in [5.41, 5.74) is 1.44. The van der Waals surface area contributed by atoms with Crippen molar-refractivity contribution in [3.05, 3.63) is 40.4 Å². The number of imidazole rings is 1. The van der Waals surface area contributed by atoms with Gasteiger partial charge in [-0.05, 0) is 12.0 Å². The molecular formula is C14H17Cl2N3O.